The summed E-state index contributed by atoms with van der Waals surface area (Å²) in [6, 6.07) is 16.1. The third kappa shape index (κ3) is 5.80. The second kappa shape index (κ2) is 10.2. The number of nitrogens with one attached hydrogen (secondary N) is 2. The number of ether oxygens (including phenoxy) is 1. The lowest BCUT2D eigenvalue weighted by Gasteiger charge is -2.10. The first-order valence-electron chi connectivity index (χ1n) is 9.94. The van der Waals surface area contributed by atoms with Crippen LogP contribution >= 0.6 is 0 Å². The van der Waals surface area contributed by atoms with Gasteiger partial charge in [0.2, 0.25) is 15.9 Å². The molecule has 1 aromatic heterocycles. The number of sulfonamides is 1. The van der Waals surface area contributed by atoms with Crippen molar-refractivity contribution in [1.82, 2.24) is 14.5 Å². The van der Waals surface area contributed by atoms with Crippen LogP contribution in [0.4, 0.5) is 5.69 Å². The molecule has 2 aromatic carbocycles. The molecule has 3 rings (SSSR count). The lowest BCUT2D eigenvalue weighted by atomic mass is 10.1. The van der Waals surface area contributed by atoms with E-state index in [-0.39, 0.29) is 29.5 Å². The lowest BCUT2D eigenvalue weighted by Crippen LogP contribution is -2.32. The zero-order valence-corrected chi connectivity index (χ0v) is 18.6. The van der Waals surface area contributed by atoms with Crippen molar-refractivity contribution in [3.8, 4) is 17.0 Å². The standard InChI is InChI=1S/C22H24N4O5S/c1-3-21(27)24-17-6-10-19(11-7-17)32(29,30)23-14-15-26-22(28)13-12-20(25-26)16-4-8-18(31-2)9-5-16/h4-13,23H,3,14-15H2,1-2H3,(H,24,27). The number of anilines is 1. The van der Waals surface area contributed by atoms with E-state index in [1.54, 1.807) is 32.2 Å². The van der Waals surface area contributed by atoms with Crippen molar-refractivity contribution in [3.05, 3.63) is 71.0 Å². The number of carbonyl (C=O) groups is 1. The van der Waals surface area contributed by atoms with E-state index >= 15 is 0 Å². The van der Waals surface area contributed by atoms with Crippen LogP contribution in [0.25, 0.3) is 11.3 Å². The normalized spacial score (nSPS) is 11.2. The molecule has 0 aliphatic rings. The van der Waals surface area contributed by atoms with Gasteiger partial charge in [-0.1, -0.05) is 6.92 Å². The molecule has 32 heavy (non-hydrogen) atoms. The molecule has 2 N–H and O–H groups in total. The SMILES string of the molecule is CCC(=O)Nc1ccc(S(=O)(=O)NCCn2nc(-c3ccc(OC)cc3)ccc2=O)cc1. The summed E-state index contributed by atoms with van der Waals surface area (Å²) in [6.45, 7) is 1.77. The maximum Gasteiger partial charge on any atom is 0.266 e. The smallest absolute Gasteiger partial charge is 0.266 e. The average Bonchev–Trinajstić information content (AvgIpc) is 2.80. The number of benzene rings is 2. The van der Waals surface area contributed by atoms with E-state index in [0.717, 1.165) is 5.56 Å². The third-order valence-electron chi connectivity index (χ3n) is 4.64. The number of hydrogen-bond donors (Lipinski definition) is 2. The Morgan fingerprint density at radius 1 is 1.03 bits per heavy atom. The van der Waals surface area contributed by atoms with Gasteiger partial charge < -0.3 is 10.1 Å². The number of rotatable bonds is 9. The molecular weight excluding hydrogens is 432 g/mol. The summed E-state index contributed by atoms with van der Waals surface area (Å²) in [5.41, 5.74) is 1.56. The van der Waals surface area contributed by atoms with E-state index in [1.165, 1.54) is 35.0 Å². The molecule has 1 heterocycles. The minimum Gasteiger partial charge on any atom is -0.497 e. The van der Waals surface area contributed by atoms with Gasteiger partial charge in [-0.25, -0.2) is 17.8 Å². The summed E-state index contributed by atoms with van der Waals surface area (Å²) in [4.78, 5) is 23.6. The Hall–Kier alpha value is -3.50. The molecule has 10 heteroatoms. The molecule has 0 spiro atoms. The number of carbonyl (C=O) groups excluding carboxylic acids is 1. The number of aromatic nitrogens is 2. The van der Waals surface area contributed by atoms with E-state index in [4.69, 9.17) is 4.74 Å². The fraction of sp³-hybridized carbons (Fsp3) is 0.227. The monoisotopic (exact) mass is 456 g/mol. The largest absolute Gasteiger partial charge is 0.497 e. The van der Waals surface area contributed by atoms with Crippen molar-refractivity contribution in [3.63, 3.8) is 0 Å². The molecule has 0 fully saturated rings. The van der Waals surface area contributed by atoms with E-state index < -0.39 is 10.0 Å². The minimum atomic E-state index is -3.78. The van der Waals surface area contributed by atoms with E-state index in [0.29, 0.717) is 23.6 Å². The van der Waals surface area contributed by atoms with Crippen LogP contribution in [0.15, 0.2) is 70.4 Å². The molecular formula is C22H24N4O5S. The topological polar surface area (TPSA) is 119 Å². The zero-order valence-electron chi connectivity index (χ0n) is 17.7. The molecule has 0 bridgehead atoms. The molecule has 0 atom stereocenters. The first-order valence-corrected chi connectivity index (χ1v) is 11.4. The van der Waals surface area contributed by atoms with Crippen LogP contribution in [0.2, 0.25) is 0 Å². The highest BCUT2D eigenvalue weighted by molar-refractivity contribution is 7.89. The Labute approximate surface area is 186 Å². The second-order valence-corrected chi connectivity index (χ2v) is 8.60. The Morgan fingerprint density at radius 2 is 1.72 bits per heavy atom. The number of amides is 1. The molecule has 0 saturated carbocycles. The molecule has 3 aromatic rings. The van der Waals surface area contributed by atoms with Gasteiger partial charge in [0.05, 0.1) is 24.2 Å². The Bertz CT molecular complexity index is 1240. The Kier molecular flexibility index (Phi) is 7.39. The van der Waals surface area contributed by atoms with Crippen molar-refractivity contribution in [1.29, 1.82) is 0 Å². The van der Waals surface area contributed by atoms with E-state index in [2.05, 4.69) is 15.1 Å². The highest BCUT2D eigenvalue weighted by Gasteiger charge is 2.14. The summed E-state index contributed by atoms with van der Waals surface area (Å²) in [6.07, 6.45) is 0.328. The molecule has 1 amide bonds. The van der Waals surface area contributed by atoms with Crippen molar-refractivity contribution >= 4 is 21.6 Å². The predicted molar refractivity (Wildman–Crippen MR) is 121 cm³/mol. The van der Waals surface area contributed by atoms with Crippen LogP contribution < -0.4 is 20.3 Å². The van der Waals surface area contributed by atoms with E-state index in [1.807, 2.05) is 12.1 Å². The third-order valence-corrected chi connectivity index (χ3v) is 6.11. The number of nitrogens with zero attached hydrogens (tertiary/aromatic N) is 2. The highest BCUT2D eigenvalue weighted by atomic mass is 32.2. The Morgan fingerprint density at radius 3 is 2.34 bits per heavy atom. The molecule has 168 valence electrons. The quantitative estimate of drug-likeness (QED) is 0.510. The molecule has 0 unspecified atom stereocenters. The Balaban J connectivity index is 1.66. The summed E-state index contributed by atoms with van der Waals surface area (Å²) in [5, 5.41) is 6.98. The van der Waals surface area contributed by atoms with Gasteiger partial charge >= 0.3 is 0 Å². The molecule has 0 saturated heterocycles. The fourth-order valence-electron chi connectivity index (χ4n) is 2.86. The van der Waals surface area contributed by atoms with Gasteiger partial charge in [0.1, 0.15) is 5.75 Å². The van der Waals surface area contributed by atoms with E-state index in [9.17, 15) is 18.0 Å². The van der Waals surface area contributed by atoms with Crippen LogP contribution in [0.3, 0.4) is 0 Å². The molecule has 0 aliphatic carbocycles. The zero-order chi connectivity index (χ0) is 23.1. The summed E-state index contributed by atoms with van der Waals surface area (Å²) in [7, 11) is -2.21. The molecule has 0 radical (unpaired) electrons. The maximum absolute atomic E-state index is 12.5. The van der Waals surface area contributed by atoms with Gasteiger partial charge in [-0.15, -0.1) is 0 Å². The van der Waals surface area contributed by atoms with Gasteiger partial charge in [-0.3, -0.25) is 9.59 Å². The van der Waals surface area contributed by atoms with Crippen molar-refractivity contribution < 1.29 is 17.9 Å². The van der Waals surface area contributed by atoms with Gasteiger partial charge in [0, 0.05) is 30.3 Å². The average molecular weight is 457 g/mol. The van der Waals surface area contributed by atoms with Gasteiger partial charge in [0.25, 0.3) is 5.56 Å². The molecule has 0 aliphatic heterocycles. The van der Waals surface area contributed by atoms with Crippen LogP contribution in [0.1, 0.15) is 13.3 Å². The van der Waals surface area contributed by atoms with Gasteiger partial charge in [0.15, 0.2) is 0 Å². The number of hydrogen-bond acceptors (Lipinski definition) is 6. The minimum absolute atomic E-state index is 0.0182. The summed E-state index contributed by atoms with van der Waals surface area (Å²) >= 11 is 0. The number of methoxy groups -OCH3 is 1. The van der Waals surface area contributed by atoms with Crippen LogP contribution in [-0.4, -0.2) is 37.8 Å². The van der Waals surface area contributed by atoms with Crippen LogP contribution in [-0.2, 0) is 21.4 Å². The van der Waals surface area contributed by atoms with Gasteiger partial charge in [-0.2, -0.15) is 5.10 Å². The predicted octanol–water partition coefficient (Wildman–Crippen LogP) is 2.25. The second-order valence-electron chi connectivity index (χ2n) is 6.83. The highest BCUT2D eigenvalue weighted by Crippen LogP contribution is 2.19. The van der Waals surface area contributed by atoms with Crippen LogP contribution in [0.5, 0.6) is 5.75 Å². The first-order chi connectivity index (χ1) is 15.3. The molecule has 9 nitrogen and oxygen atoms in total. The lowest BCUT2D eigenvalue weighted by molar-refractivity contribution is -0.115. The van der Waals surface area contributed by atoms with Gasteiger partial charge in [-0.05, 0) is 54.6 Å². The van der Waals surface area contributed by atoms with Crippen molar-refractivity contribution in [2.45, 2.75) is 24.8 Å². The summed E-state index contributed by atoms with van der Waals surface area (Å²) in [5.74, 6) is 0.547. The van der Waals surface area contributed by atoms with Crippen molar-refractivity contribution in [2.75, 3.05) is 19.0 Å². The first kappa shape index (κ1) is 23.2. The maximum atomic E-state index is 12.5. The van der Waals surface area contributed by atoms with Crippen LogP contribution in [0, 0.1) is 0 Å². The van der Waals surface area contributed by atoms with Crippen molar-refractivity contribution in [2.24, 2.45) is 0 Å². The fourth-order valence-corrected chi connectivity index (χ4v) is 3.88. The summed E-state index contributed by atoms with van der Waals surface area (Å²) < 4.78 is 33.9.